The van der Waals surface area contributed by atoms with Gasteiger partial charge in [-0.3, -0.25) is 14.8 Å². The summed E-state index contributed by atoms with van der Waals surface area (Å²) >= 11 is 6.01. The van der Waals surface area contributed by atoms with Crippen LogP contribution in [0.5, 0.6) is 0 Å². The van der Waals surface area contributed by atoms with Crippen LogP contribution in [0.3, 0.4) is 0 Å². The number of hydrogen-bond donors (Lipinski definition) is 0. The summed E-state index contributed by atoms with van der Waals surface area (Å²) in [7, 11) is 0. The first kappa shape index (κ1) is 18.3. The number of halogens is 1. The summed E-state index contributed by atoms with van der Waals surface area (Å²) in [6, 6.07) is 12.3. The maximum atomic E-state index is 6.01. The summed E-state index contributed by atoms with van der Waals surface area (Å²) in [5.74, 6) is 0. The van der Waals surface area contributed by atoms with Crippen LogP contribution in [0.2, 0.25) is 5.02 Å². The molecule has 0 saturated carbocycles. The van der Waals surface area contributed by atoms with Crippen LogP contribution in [0.1, 0.15) is 17.5 Å². The molecule has 0 unspecified atom stereocenters. The smallest absolute Gasteiger partial charge is 0.0594 e. The Morgan fingerprint density at radius 2 is 1.80 bits per heavy atom. The lowest BCUT2D eigenvalue weighted by atomic mass is 10.2. The highest BCUT2D eigenvalue weighted by molar-refractivity contribution is 6.30. The Morgan fingerprint density at radius 3 is 2.52 bits per heavy atom. The lowest BCUT2D eigenvalue weighted by molar-refractivity contribution is 0.0359. The van der Waals surface area contributed by atoms with Crippen LogP contribution in [0, 0.1) is 0 Å². The highest BCUT2D eigenvalue weighted by Crippen LogP contribution is 2.14. The Morgan fingerprint density at radius 1 is 1.04 bits per heavy atom. The number of hydrogen-bond acceptors (Lipinski definition) is 4. The zero-order valence-corrected chi connectivity index (χ0v) is 15.4. The van der Waals surface area contributed by atoms with Crippen molar-refractivity contribution in [3.63, 3.8) is 0 Å². The van der Waals surface area contributed by atoms with Crippen molar-refractivity contribution < 1.29 is 4.74 Å². The van der Waals surface area contributed by atoms with Crippen molar-refractivity contribution in [1.82, 2.24) is 14.8 Å². The molecule has 134 valence electrons. The normalized spacial score (nSPS) is 15.6. The standard InChI is InChI=1S/C20H26ClN3O/c21-20-6-4-18(5-7-20)16-24(17-19-3-1-8-22-15-19)10-2-9-23-11-13-25-14-12-23/h1,3-8,15H,2,9-14,16-17H2. The minimum atomic E-state index is 0.787. The molecule has 1 aromatic carbocycles. The van der Waals surface area contributed by atoms with Crippen LogP contribution in [0.4, 0.5) is 0 Å². The van der Waals surface area contributed by atoms with Crippen LogP contribution < -0.4 is 0 Å². The number of nitrogens with zero attached hydrogens (tertiary/aromatic N) is 3. The van der Waals surface area contributed by atoms with Gasteiger partial charge >= 0.3 is 0 Å². The Kier molecular flexibility index (Phi) is 7.24. The molecule has 5 heteroatoms. The van der Waals surface area contributed by atoms with Gasteiger partial charge in [0, 0.05) is 50.1 Å². The van der Waals surface area contributed by atoms with E-state index < -0.39 is 0 Å². The minimum absolute atomic E-state index is 0.787. The van der Waals surface area contributed by atoms with E-state index in [1.807, 2.05) is 30.6 Å². The highest BCUT2D eigenvalue weighted by atomic mass is 35.5. The van der Waals surface area contributed by atoms with Crippen molar-refractivity contribution in [1.29, 1.82) is 0 Å². The Balaban J connectivity index is 1.56. The molecule has 25 heavy (non-hydrogen) atoms. The monoisotopic (exact) mass is 359 g/mol. The van der Waals surface area contributed by atoms with Gasteiger partial charge in [0.1, 0.15) is 0 Å². The zero-order valence-electron chi connectivity index (χ0n) is 14.6. The molecular formula is C20H26ClN3O. The fraction of sp³-hybridized carbons (Fsp3) is 0.450. The van der Waals surface area contributed by atoms with Crippen LogP contribution in [-0.2, 0) is 17.8 Å². The van der Waals surface area contributed by atoms with Gasteiger partial charge in [-0.1, -0.05) is 29.8 Å². The molecule has 1 aliphatic rings. The van der Waals surface area contributed by atoms with E-state index in [4.69, 9.17) is 16.3 Å². The van der Waals surface area contributed by atoms with Gasteiger partial charge in [-0.15, -0.1) is 0 Å². The molecule has 1 fully saturated rings. The molecule has 2 aromatic rings. The lowest BCUT2D eigenvalue weighted by Gasteiger charge is -2.28. The number of aromatic nitrogens is 1. The average molecular weight is 360 g/mol. The van der Waals surface area contributed by atoms with Gasteiger partial charge < -0.3 is 4.74 Å². The first-order valence-corrected chi connectivity index (χ1v) is 9.33. The van der Waals surface area contributed by atoms with Gasteiger partial charge in [0.25, 0.3) is 0 Å². The van der Waals surface area contributed by atoms with Crippen LogP contribution in [0.25, 0.3) is 0 Å². The third-order valence-electron chi connectivity index (χ3n) is 4.50. The first-order chi connectivity index (χ1) is 12.3. The van der Waals surface area contributed by atoms with Gasteiger partial charge in [0.2, 0.25) is 0 Å². The van der Waals surface area contributed by atoms with Crippen molar-refractivity contribution in [3.8, 4) is 0 Å². The molecule has 4 nitrogen and oxygen atoms in total. The third-order valence-corrected chi connectivity index (χ3v) is 4.75. The molecule has 0 spiro atoms. The van der Waals surface area contributed by atoms with Crippen molar-refractivity contribution in [2.45, 2.75) is 19.5 Å². The number of ether oxygens (including phenoxy) is 1. The zero-order chi connectivity index (χ0) is 17.3. The van der Waals surface area contributed by atoms with Crippen LogP contribution >= 0.6 is 11.6 Å². The van der Waals surface area contributed by atoms with Crippen molar-refractivity contribution >= 4 is 11.6 Å². The Labute approximate surface area is 155 Å². The first-order valence-electron chi connectivity index (χ1n) is 8.95. The number of rotatable bonds is 8. The topological polar surface area (TPSA) is 28.6 Å². The molecule has 3 rings (SSSR count). The second kappa shape index (κ2) is 9.88. The third kappa shape index (κ3) is 6.40. The van der Waals surface area contributed by atoms with E-state index in [1.54, 1.807) is 0 Å². The minimum Gasteiger partial charge on any atom is -0.379 e. The largest absolute Gasteiger partial charge is 0.379 e. The molecule has 1 aromatic heterocycles. The van der Waals surface area contributed by atoms with Crippen molar-refractivity contribution in [2.75, 3.05) is 39.4 Å². The van der Waals surface area contributed by atoms with E-state index in [0.29, 0.717) is 0 Å². The Hall–Kier alpha value is -1.46. The predicted molar refractivity (Wildman–Crippen MR) is 102 cm³/mol. The molecule has 0 aliphatic carbocycles. The summed E-state index contributed by atoms with van der Waals surface area (Å²) in [4.78, 5) is 9.22. The van der Waals surface area contributed by atoms with Gasteiger partial charge in [-0.2, -0.15) is 0 Å². The highest BCUT2D eigenvalue weighted by Gasteiger charge is 2.12. The van der Waals surface area contributed by atoms with Gasteiger partial charge in [0.05, 0.1) is 13.2 Å². The molecular weight excluding hydrogens is 334 g/mol. The summed E-state index contributed by atoms with van der Waals surface area (Å²) < 4.78 is 5.42. The summed E-state index contributed by atoms with van der Waals surface area (Å²) in [6.07, 6.45) is 4.94. The maximum absolute atomic E-state index is 6.01. The van der Waals surface area contributed by atoms with Crippen LogP contribution in [-0.4, -0.2) is 54.2 Å². The van der Waals surface area contributed by atoms with Crippen LogP contribution in [0.15, 0.2) is 48.8 Å². The van der Waals surface area contributed by atoms with E-state index in [1.165, 1.54) is 11.1 Å². The summed E-state index contributed by atoms with van der Waals surface area (Å²) in [5.41, 5.74) is 2.54. The predicted octanol–water partition coefficient (Wildman–Crippen LogP) is 3.46. The van der Waals surface area contributed by atoms with E-state index in [0.717, 1.165) is 63.9 Å². The molecule has 1 saturated heterocycles. The van der Waals surface area contributed by atoms with E-state index in [2.05, 4.69) is 33.0 Å². The fourth-order valence-electron chi connectivity index (χ4n) is 3.15. The molecule has 0 bridgehead atoms. The Bertz CT molecular complexity index is 615. The van der Waals surface area contributed by atoms with Gasteiger partial charge in [-0.25, -0.2) is 0 Å². The second-order valence-corrected chi connectivity index (χ2v) is 6.94. The summed E-state index contributed by atoms with van der Waals surface area (Å²) in [6.45, 7) is 7.88. The maximum Gasteiger partial charge on any atom is 0.0594 e. The molecule has 2 heterocycles. The fourth-order valence-corrected chi connectivity index (χ4v) is 3.28. The average Bonchev–Trinajstić information content (AvgIpc) is 2.65. The number of benzene rings is 1. The lowest BCUT2D eigenvalue weighted by Crippen LogP contribution is -2.38. The van der Waals surface area contributed by atoms with Gasteiger partial charge in [-0.05, 0) is 42.3 Å². The molecule has 1 aliphatic heterocycles. The van der Waals surface area contributed by atoms with E-state index in [-0.39, 0.29) is 0 Å². The second-order valence-electron chi connectivity index (χ2n) is 6.51. The molecule has 0 radical (unpaired) electrons. The number of pyridine rings is 1. The molecule has 0 N–H and O–H groups in total. The van der Waals surface area contributed by atoms with Crippen molar-refractivity contribution in [3.05, 3.63) is 64.9 Å². The van der Waals surface area contributed by atoms with Crippen molar-refractivity contribution in [2.24, 2.45) is 0 Å². The summed E-state index contributed by atoms with van der Waals surface area (Å²) in [5, 5.41) is 0.787. The number of morpholine rings is 1. The SMILES string of the molecule is Clc1ccc(CN(CCCN2CCOCC2)Cc2cccnc2)cc1. The van der Waals surface area contributed by atoms with Gasteiger partial charge in [0.15, 0.2) is 0 Å². The molecule has 0 atom stereocenters. The molecule has 0 amide bonds. The van der Waals surface area contributed by atoms with E-state index in [9.17, 15) is 0 Å². The van der Waals surface area contributed by atoms with E-state index >= 15 is 0 Å². The quantitative estimate of drug-likeness (QED) is 0.721.